The first-order valence-electron chi connectivity index (χ1n) is 7.41. The third-order valence-corrected chi connectivity index (χ3v) is 4.79. The predicted molar refractivity (Wildman–Crippen MR) is 81.3 cm³/mol. The Balaban J connectivity index is 2.17. The normalized spacial score (nSPS) is 20.9. The second kappa shape index (κ2) is 5.96. The van der Waals surface area contributed by atoms with Gasteiger partial charge in [0.25, 0.3) is 0 Å². The highest BCUT2D eigenvalue weighted by molar-refractivity contribution is 5.88. The van der Waals surface area contributed by atoms with Gasteiger partial charge >= 0.3 is 0 Å². The summed E-state index contributed by atoms with van der Waals surface area (Å²) in [6, 6.07) is 8.09. The van der Waals surface area contributed by atoms with E-state index in [0.29, 0.717) is 24.7 Å². The monoisotopic (exact) mass is 275 g/mol. The predicted octanol–water partition coefficient (Wildman–Crippen LogP) is 3.24. The molecule has 1 aliphatic heterocycles. The Hall–Kier alpha value is -1.35. The highest BCUT2D eigenvalue weighted by Gasteiger charge is 2.35. The number of hydrogen-bond donors (Lipinski definition) is 0. The van der Waals surface area contributed by atoms with Gasteiger partial charge in [0, 0.05) is 6.42 Å². The molecule has 0 N–H and O–H groups in total. The molecule has 0 spiro atoms. The maximum absolute atomic E-state index is 12.7. The van der Waals surface area contributed by atoms with Crippen LogP contribution in [0, 0.1) is 0 Å². The van der Waals surface area contributed by atoms with Gasteiger partial charge in [0.15, 0.2) is 5.78 Å². The number of benzene rings is 1. The van der Waals surface area contributed by atoms with Gasteiger partial charge in [-0.1, -0.05) is 25.1 Å². The second-order valence-corrected chi connectivity index (χ2v) is 6.02. The zero-order chi connectivity index (χ0) is 14.8. The van der Waals surface area contributed by atoms with E-state index in [1.165, 1.54) is 5.56 Å². The molecule has 2 atom stereocenters. The number of nitrogens with zero attached hydrogens (tertiary/aromatic N) is 1. The van der Waals surface area contributed by atoms with Crippen LogP contribution in [-0.4, -0.2) is 36.9 Å². The van der Waals surface area contributed by atoms with Crippen LogP contribution in [0.3, 0.4) is 0 Å². The van der Waals surface area contributed by atoms with Crippen molar-refractivity contribution in [3.63, 3.8) is 0 Å². The fraction of sp³-hybridized carbons (Fsp3) is 0.588. The van der Waals surface area contributed by atoms with Gasteiger partial charge in [-0.25, -0.2) is 0 Å². The molecule has 0 bridgehead atoms. The van der Waals surface area contributed by atoms with Crippen LogP contribution < -0.4 is 4.74 Å². The van der Waals surface area contributed by atoms with Crippen LogP contribution in [0.1, 0.15) is 44.6 Å². The van der Waals surface area contributed by atoms with E-state index in [1.807, 2.05) is 44.1 Å². The molecule has 3 heteroatoms. The van der Waals surface area contributed by atoms with Crippen LogP contribution in [0.15, 0.2) is 24.3 Å². The first kappa shape index (κ1) is 15.0. The lowest BCUT2D eigenvalue weighted by Gasteiger charge is -2.36. The zero-order valence-electron chi connectivity index (χ0n) is 13.0. The summed E-state index contributed by atoms with van der Waals surface area (Å²) in [4.78, 5) is 14.8. The van der Waals surface area contributed by atoms with Crippen molar-refractivity contribution in [2.45, 2.75) is 44.6 Å². The van der Waals surface area contributed by atoms with Crippen molar-refractivity contribution in [3.05, 3.63) is 29.8 Å². The van der Waals surface area contributed by atoms with Crippen LogP contribution in [0.25, 0.3) is 0 Å². The fourth-order valence-corrected chi connectivity index (χ4v) is 2.83. The summed E-state index contributed by atoms with van der Waals surface area (Å²) < 4.78 is 5.67. The topological polar surface area (TPSA) is 29.5 Å². The average Bonchev–Trinajstić information content (AvgIpc) is 2.46. The number of likely N-dealkylation sites (N-methyl/N-ethyl adjacent to an activating group) is 1. The number of para-hydroxylation sites is 1. The van der Waals surface area contributed by atoms with Gasteiger partial charge in [0.2, 0.25) is 0 Å². The summed E-state index contributed by atoms with van der Waals surface area (Å²) in [6.45, 7) is 4.83. The molecule has 0 saturated carbocycles. The van der Waals surface area contributed by atoms with Gasteiger partial charge in [0.05, 0.1) is 12.1 Å². The van der Waals surface area contributed by atoms with Crippen LogP contribution in [-0.2, 0) is 4.79 Å². The van der Waals surface area contributed by atoms with Crippen LogP contribution in [0.5, 0.6) is 5.75 Å². The van der Waals surface area contributed by atoms with Crippen molar-refractivity contribution in [1.29, 1.82) is 0 Å². The number of ether oxygens (including phenoxy) is 1. The Labute approximate surface area is 121 Å². The first-order valence-corrected chi connectivity index (χ1v) is 7.41. The molecule has 0 amide bonds. The number of rotatable bonds is 5. The highest BCUT2D eigenvalue weighted by atomic mass is 16.5. The van der Waals surface area contributed by atoms with E-state index < -0.39 is 0 Å². The van der Waals surface area contributed by atoms with Crippen LogP contribution in [0.4, 0.5) is 0 Å². The quantitative estimate of drug-likeness (QED) is 0.826. The molecule has 1 aromatic carbocycles. The standard InChI is InChI=1S/C17H25NO2/c1-5-17(2,18(3)4)16(19)12-13-10-11-20-15-9-7-6-8-14(13)15/h6-9,13H,5,10-12H2,1-4H3. The molecular formula is C17H25NO2. The molecule has 20 heavy (non-hydrogen) atoms. The number of carbonyl (C=O) groups excluding carboxylic acids is 1. The van der Waals surface area contributed by atoms with E-state index in [2.05, 4.69) is 13.0 Å². The maximum Gasteiger partial charge on any atom is 0.153 e. The summed E-state index contributed by atoms with van der Waals surface area (Å²) >= 11 is 0. The third-order valence-electron chi connectivity index (χ3n) is 4.79. The minimum absolute atomic E-state index is 0.290. The van der Waals surface area contributed by atoms with E-state index >= 15 is 0 Å². The van der Waals surface area contributed by atoms with Gasteiger partial charge in [0.1, 0.15) is 5.75 Å². The van der Waals surface area contributed by atoms with Crippen LogP contribution >= 0.6 is 0 Å². The van der Waals surface area contributed by atoms with Gasteiger partial charge in [-0.3, -0.25) is 9.69 Å². The summed E-state index contributed by atoms with van der Waals surface area (Å²) in [6.07, 6.45) is 2.36. The SMILES string of the molecule is CCC(C)(C(=O)CC1CCOc2ccccc21)N(C)C. The lowest BCUT2D eigenvalue weighted by molar-refractivity contribution is -0.129. The van der Waals surface area contributed by atoms with E-state index in [1.54, 1.807) is 0 Å². The molecule has 0 aromatic heterocycles. The molecule has 1 aromatic rings. The van der Waals surface area contributed by atoms with E-state index in [0.717, 1.165) is 18.6 Å². The van der Waals surface area contributed by atoms with E-state index in [-0.39, 0.29) is 5.54 Å². The summed E-state index contributed by atoms with van der Waals surface area (Å²) in [5.41, 5.74) is 0.817. The smallest absolute Gasteiger partial charge is 0.153 e. The van der Waals surface area contributed by atoms with E-state index in [4.69, 9.17) is 4.74 Å². The molecule has 0 radical (unpaired) electrons. The van der Waals surface area contributed by atoms with Gasteiger partial charge in [-0.15, -0.1) is 0 Å². The first-order chi connectivity index (χ1) is 9.49. The van der Waals surface area contributed by atoms with Gasteiger partial charge in [-0.2, -0.15) is 0 Å². The van der Waals surface area contributed by atoms with Gasteiger partial charge in [-0.05, 0) is 51.4 Å². The molecule has 110 valence electrons. The molecule has 1 heterocycles. The Bertz CT molecular complexity index is 484. The fourth-order valence-electron chi connectivity index (χ4n) is 2.83. The minimum Gasteiger partial charge on any atom is -0.493 e. The summed E-state index contributed by atoms with van der Waals surface area (Å²) in [5.74, 6) is 1.56. The summed E-state index contributed by atoms with van der Waals surface area (Å²) in [7, 11) is 3.97. The second-order valence-electron chi connectivity index (χ2n) is 6.02. The Morgan fingerprint density at radius 1 is 1.40 bits per heavy atom. The van der Waals surface area contributed by atoms with Gasteiger partial charge < -0.3 is 4.74 Å². The largest absolute Gasteiger partial charge is 0.493 e. The summed E-state index contributed by atoms with van der Waals surface area (Å²) in [5, 5.41) is 0. The average molecular weight is 275 g/mol. The molecule has 2 unspecified atom stereocenters. The molecule has 0 fully saturated rings. The van der Waals surface area contributed by atoms with Crippen molar-refractivity contribution in [2.24, 2.45) is 0 Å². The minimum atomic E-state index is -0.368. The lowest BCUT2D eigenvalue weighted by Crippen LogP contribution is -2.48. The number of hydrogen-bond acceptors (Lipinski definition) is 3. The highest BCUT2D eigenvalue weighted by Crippen LogP contribution is 2.37. The number of fused-ring (bicyclic) bond motifs is 1. The molecule has 3 nitrogen and oxygen atoms in total. The van der Waals surface area contributed by atoms with Crippen LogP contribution in [0.2, 0.25) is 0 Å². The number of ketones is 1. The van der Waals surface area contributed by atoms with Crippen molar-refractivity contribution in [3.8, 4) is 5.75 Å². The molecular weight excluding hydrogens is 250 g/mol. The van der Waals surface area contributed by atoms with E-state index in [9.17, 15) is 4.79 Å². The third kappa shape index (κ3) is 2.73. The lowest BCUT2D eigenvalue weighted by atomic mass is 9.81. The van der Waals surface area contributed by atoms with Crippen molar-refractivity contribution < 1.29 is 9.53 Å². The Kier molecular flexibility index (Phi) is 4.48. The van der Waals surface area contributed by atoms with Crippen molar-refractivity contribution in [2.75, 3.05) is 20.7 Å². The van der Waals surface area contributed by atoms with Crippen molar-refractivity contribution in [1.82, 2.24) is 4.90 Å². The zero-order valence-corrected chi connectivity index (χ0v) is 13.0. The Morgan fingerprint density at radius 2 is 2.10 bits per heavy atom. The Morgan fingerprint density at radius 3 is 2.75 bits per heavy atom. The molecule has 2 rings (SSSR count). The molecule has 0 aliphatic carbocycles. The maximum atomic E-state index is 12.7. The van der Waals surface area contributed by atoms with Crippen molar-refractivity contribution >= 4 is 5.78 Å². The number of carbonyl (C=O) groups is 1. The molecule has 0 saturated heterocycles. The molecule has 1 aliphatic rings. The number of Topliss-reactive ketones (excluding diaryl/α,β-unsaturated/α-hetero) is 1.